The summed E-state index contributed by atoms with van der Waals surface area (Å²) in [6.07, 6.45) is 0. The Labute approximate surface area is 145 Å². The molecular weight excluding hydrogens is 399 g/mol. The van der Waals surface area contributed by atoms with Gasteiger partial charge in [-0.2, -0.15) is 0 Å². The highest BCUT2D eigenvalue weighted by Gasteiger charge is 2.24. The van der Waals surface area contributed by atoms with E-state index in [4.69, 9.17) is 38.5 Å². The van der Waals surface area contributed by atoms with Crippen LogP contribution in [0.4, 0.5) is 0 Å². The van der Waals surface area contributed by atoms with E-state index in [0.717, 1.165) is 11.1 Å². The van der Waals surface area contributed by atoms with Crippen LogP contribution in [0.1, 0.15) is 17.2 Å². The molecule has 1 unspecified atom stereocenters. The molecule has 3 N–H and O–H groups in total. The number of methoxy groups -OCH3 is 2. The lowest BCUT2D eigenvalue weighted by Crippen LogP contribution is -2.29. The van der Waals surface area contributed by atoms with Gasteiger partial charge in [0, 0.05) is 11.1 Å². The molecule has 0 bridgehead atoms. The van der Waals surface area contributed by atoms with Crippen molar-refractivity contribution in [2.24, 2.45) is 5.84 Å². The SMILES string of the molecule is COc1ccc(C(NN)c2cc(Cl)sc2Cl)c(OC)c1Br. The Morgan fingerprint density at radius 1 is 1.24 bits per heavy atom. The molecule has 0 saturated heterocycles. The largest absolute Gasteiger partial charge is 0.495 e. The van der Waals surface area contributed by atoms with Crippen LogP contribution in [0.15, 0.2) is 22.7 Å². The summed E-state index contributed by atoms with van der Waals surface area (Å²) in [4.78, 5) is 0. The van der Waals surface area contributed by atoms with Crippen molar-refractivity contribution in [1.29, 1.82) is 0 Å². The van der Waals surface area contributed by atoms with Gasteiger partial charge in [0.15, 0.2) is 0 Å². The fourth-order valence-electron chi connectivity index (χ4n) is 2.04. The maximum atomic E-state index is 6.22. The summed E-state index contributed by atoms with van der Waals surface area (Å²) in [5.41, 5.74) is 4.37. The summed E-state index contributed by atoms with van der Waals surface area (Å²) in [6.45, 7) is 0. The van der Waals surface area contributed by atoms with Gasteiger partial charge in [0.2, 0.25) is 0 Å². The third-order valence-electron chi connectivity index (χ3n) is 2.99. The molecule has 1 aromatic heterocycles. The Morgan fingerprint density at radius 3 is 2.43 bits per heavy atom. The summed E-state index contributed by atoms with van der Waals surface area (Å²) in [7, 11) is 3.17. The summed E-state index contributed by atoms with van der Waals surface area (Å²) in [5.74, 6) is 7.00. The van der Waals surface area contributed by atoms with Crippen molar-refractivity contribution >= 4 is 50.5 Å². The van der Waals surface area contributed by atoms with E-state index in [1.807, 2.05) is 12.1 Å². The van der Waals surface area contributed by atoms with Crippen molar-refractivity contribution in [1.82, 2.24) is 5.43 Å². The Bertz CT molecular complexity index is 651. The Kier molecular flexibility index (Phi) is 5.76. The lowest BCUT2D eigenvalue weighted by Gasteiger charge is -2.20. The summed E-state index contributed by atoms with van der Waals surface area (Å²) in [5, 5.41) is 0. The van der Waals surface area contributed by atoms with Gasteiger partial charge in [-0.1, -0.05) is 23.2 Å². The fraction of sp³-hybridized carbons (Fsp3) is 0.231. The Balaban J connectivity index is 2.57. The van der Waals surface area contributed by atoms with Crippen LogP contribution >= 0.6 is 50.5 Å². The summed E-state index contributed by atoms with van der Waals surface area (Å²) in [6, 6.07) is 5.14. The molecular formula is C13H13BrCl2N2O2S. The maximum absolute atomic E-state index is 6.22. The second-order valence-electron chi connectivity index (χ2n) is 4.08. The number of thiophene rings is 1. The van der Waals surface area contributed by atoms with Gasteiger partial charge < -0.3 is 9.47 Å². The number of nitrogens with one attached hydrogen (secondary N) is 1. The number of halogens is 3. The molecule has 1 heterocycles. The van der Waals surface area contributed by atoms with E-state index in [2.05, 4.69) is 21.4 Å². The van der Waals surface area contributed by atoms with E-state index in [9.17, 15) is 0 Å². The number of ether oxygens (including phenoxy) is 2. The first kappa shape index (κ1) is 16.9. The molecule has 1 atom stereocenters. The molecule has 0 amide bonds. The zero-order valence-electron chi connectivity index (χ0n) is 11.2. The van der Waals surface area contributed by atoms with Gasteiger partial charge >= 0.3 is 0 Å². The van der Waals surface area contributed by atoms with E-state index in [1.54, 1.807) is 20.3 Å². The maximum Gasteiger partial charge on any atom is 0.141 e. The fourth-order valence-corrected chi connectivity index (χ4v) is 4.26. The van der Waals surface area contributed by atoms with E-state index in [0.29, 0.717) is 24.6 Å². The van der Waals surface area contributed by atoms with Crippen LogP contribution < -0.4 is 20.7 Å². The highest BCUT2D eigenvalue weighted by molar-refractivity contribution is 9.10. The number of rotatable bonds is 5. The van der Waals surface area contributed by atoms with E-state index in [-0.39, 0.29) is 6.04 Å². The minimum atomic E-state index is -0.349. The third kappa shape index (κ3) is 3.31. The first-order chi connectivity index (χ1) is 10.0. The standard InChI is InChI=1S/C13H13BrCl2N2O2S/c1-19-8-4-3-6(12(20-2)10(8)14)11(18-17)7-5-9(15)21-13(7)16/h3-5,11,18H,17H2,1-2H3. The number of benzene rings is 1. The molecule has 0 spiro atoms. The third-order valence-corrected chi connectivity index (χ3v) is 5.26. The smallest absolute Gasteiger partial charge is 0.141 e. The Hall–Kier alpha value is -0.500. The van der Waals surface area contributed by atoms with E-state index in [1.165, 1.54) is 11.3 Å². The minimum absolute atomic E-state index is 0.349. The molecule has 21 heavy (non-hydrogen) atoms. The molecule has 2 rings (SSSR count). The van der Waals surface area contributed by atoms with Gasteiger partial charge in [-0.05, 0) is 34.1 Å². The number of hydrogen-bond acceptors (Lipinski definition) is 5. The minimum Gasteiger partial charge on any atom is -0.495 e. The first-order valence-corrected chi connectivity index (χ1v) is 8.21. The Morgan fingerprint density at radius 2 is 1.95 bits per heavy atom. The van der Waals surface area contributed by atoms with Crippen LogP contribution in [-0.2, 0) is 0 Å². The quantitative estimate of drug-likeness (QED) is 0.565. The van der Waals surface area contributed by atoms with Gasteiger partial charge in [-0.3, -0.25) is 5.84 Å². The molecule has 0 aliphatic carbocycles. The van der Waals surface area contributed by atoms with Crippen LogP contribution in [0.2, 0.25) is 8.67 Å². The van der Waals surface area contributed by atoms with Gasteiger partial charge in [0.05, 0.1) is 28.9 Å². The number of hydrogen-bond donors (Lipinski definition) is 2. The molecule has 1 aromatic carbocycles. The highest BCUT2D eigenvalue weighted by atomic mass is 79.9. The van der Waals surface area contributed by atoms with Gasteiger partial charge in [-0.15, -0.1) is 11.3 Å². The molecule has 2 aromatic rings. The zero-order valence-corrected chi connectivity index (χ0v) is 15.2. The van der Waals surface area contributed by atoms with Crippen LogP contribution in [0.3, 0.4) is 0 Å². The predicted octanol–water partition coefficient (Wildman–Crippen LogP) is 4.39. The summed E-state index contributed by atoms with van der Waals surface area (Å²) < 4.78 is 12.6. The van der Waals surface area contributed by atoms with Gasteiger partial charge in [0.1, 0.15) is 16.0 Å². The number of nitrogens with two attached hydrogens (primary N) is 1. The average molecular weight is 412 g/mol. The lowest BCUT2D eigenvalue weighted by molar-refractivity contribution is 0.383. The molecule has 4 nitrogen and oxygen atoms in total. The lowest BCUT2D eigenvalue weighted by atomic mass is 10.0. The highest BCUT2D eigenvalue weighted by Crippen LogP contribution is 2.44. The predicted molar refractivity (Wildman–Crippen MR) is 90.8 cm³/mol. The topological polar surface area (TPSA) is 56.5 Å². The van der Waals surface area contributed by atoms with E-state index < -0.39 is 0 Å². The molecule has 114 valence electrons. The second-order valence-corrected chi connectivity index (χ2v) is 7.16. The normalized spacial score (nSPS) is 12.3. The molecule has 0 radical (unpaired) electrons. The van der Waals surface area contributed by atoms with Crippen molar-refractivity contribution < 1.29 is 9.47 Å². The summed E-state index contributed by atoms with van der Waals surface area (Å²) >= 11 is 17.0. The first-order valence-electron chi connectivity index (χ1n) is 5.84. The molecule has 0 aliphatic rings. The second kappa shape index (κ2) is 7.17. The monoisotopic (exact) mass is 410 g/mol. The molecule has 8 heteroatoms. The molecule has 0 saturated carbocycles. The van der Waals surface area contributed by atoms with Crippen molar-refractivity contribution in [3.05, 3.63) is 42.5 Å². The van der Waals surface area contributed by atoms with Crippen LogP contribution in [0, 0.1) is 0 Å². The van der Waals surface area contributed by atoms with Crippen LogP contribution in [0.25, 0.3) is 0 Å². The van der Waals surface area contributed by atoms with Crippen molar-refractivity contribution in [3.63, 3.8) is 0 Å². The van der Waals surface area contributed by atoms with Crippen molar-refractivity contribution in [3.8, 4) is 11.5 Å². The van der Waals surface area contributed by atoms with E-state index >= 15 is 0 Å². The average Bonchev–Trinajstić information content (AvgIpc) is 2.79. The van der Waals surface area contributed by atoms with Gasteiger partial charge in [0.25, 0.3) is 0 Å². The van der Waals surface area contributed by atoms with Gasteiger partial charge in [-0.25, -0.2) is 5.43 Å². The number of hydrazine groups is 1. The zero-order chi connectivity index (χ0) is 15.6. The van der Waals surface area contributed by atoms with Crippen molar-refractivity contribution in [2.75, 3.05) is 14.2 Å². The van der Waals surface area contributed by atoms with Crippen LogP contribution in [-0.4, -0.2) is 14.2 Å². The molecule has 0 aliphatic heterocycles. The molecule has 0 fully saturated rings. The van der Waals surface area contributed by atoms with Crippen molar-refractivity contribution in [2.45, 2.75) is 6.04 Å². The van der Waals surface area contributed by atoms with Crippen LogP contribution in [0.5, 0.6) is 11.5 Å².